The van der Waals surface area contributed by atoms with E-state index in [9.17, 15) is 4.79 Å². The van der Waals surface area contributed by atoms with E-state index in [4.69, 9.17) is 0 Å². The number of aromatic nitrogens is 4. The Hall–Kier alpha value is -1.89. The van der Waals surface area contributed by atoms with Crippen molar-refractivity contribution in [1.82, 2.24) is 25.5 Å². The maximum absolute atomic E-state index is 12.5. The second-order valence-electron chi connectivity index (χ2n) is 5.69. The summed E-state index contributed by atoms with van der Waals surface area (Å²) in [6.07, 6.45) is 3.20. The van der Waals surface area contributed by atoms with Crippen LogP contribution in [0.4, 0.5) is 0 Å². The molecule has 1 aliphatic carbocycles. The quantitative estimate of drug-likeness (QED) is 0.852. The summed E-state index contributed by atoms with van der Waals surface area (Å²) >= 11 is 1.39. The van der Waals surface area contributed by atoms with Crippen molar-refractivity contribution in [3.05, 3.63) is 35.4 Å². The second-order valence-corrected chi connectivity index (χ2v) is 7.00. The molecule has 1 N–H and O–H groups in total. The van der Waals surface area contributed by atoms with Crippen LogP contribution < -0.4 is 5.32 Å². The summed E-state index contributed by atoms with van der Waals surface area (Å²) < 4.78 is 1.70. The fraction of sp³-hybridized carbons (Fsp3) is 0.500. The average Bonchev–Trinajstić information content (AvgIpc) is 3.02. The van der Waals surface area contributed by atoms with Gasteiger partial charge >= 0.3 is 0 Å². The Morgan fingerprint density at radius 1 is 1.48 bits per heavy atom. The summed E-state index contributed by atoms with van der Waals surface area (Å²) in [4.78, 5) is 12.5. The van der Waals surface area contributed by atoms with Gasteiger partial charge in [0.1, 0.15) is 0 Å². The van der Waals surface area contributed by atoms with Crippen LogP contribution in [-0.4, -0.2) is 31.4 Å². The van der Waals surface area contributed by atoms with Gasteiger partial charge in [0, 0.05) is 6.54 Å². The van der Waals surface area contributed by atoms with Crippen LogP contribution in [0.15, 0.2) is 29.4 Å². The molecule has 3 rings (SSSR count). The minimum Gasteiger partial charge on any atom is -0.348 e. The van der Waals surface area contributed by atoms with Crippen molar-refractivity contribution in [1.29, 1.82) is 0 Å². The SMILES string of the molecule is CCn1nnnc1SC(C)C(=O)NC1CCCc2ccccc21. The molecule has 1 aromatic carbocycles. The van der Waals surface area contributed by atoms with Crippen molar-refractivity contribution in [2.24, 2.45) is 0 Å². The minimum atomic E-state index is -0.236. The summed E-state index contributed by atoms with van der Waals surface area (Å²) in [5, 5.41) is 15.2. The zero-order valence-electron chi connectivity index (χ0n) is 13.4. The highest BCUT2D eigenvalue weighted by atomic mass is 32.2. The number of fused-ring (bicyclic) bond motifs is 1. The maximum Gasteiger partial charge on any atom is 0.233 e. The number of nitrogens with one attached hydrogen (secondary N) is 1. The van der Waals surface area contributed by atoms with Crippen LogP contribution in [0.2, 0.25) is 0 Å². The predicted octanol–water partition coefficient (Wildman–Crippen LogP) is 2.37. The van der Waals surface area contributed by atoms with Crippen LogP contribution in [-0.2, 0) is 17.8 Å². The van der Waals surface area contributed by atoms with Gasteiger partial charge in [-0.3, -0.25) is 4.79 Å². The summed E-state index contributed by atoms with van der Waals surface area (Å²) in [6.45, 7) is 4.56. The van der Waals surface area contributed by atoms with Gasteiger partial charge in [-0.25, -0.2) is 4.68 Å². The highest BCUT2D eigenvalue weighted by Crippen LogP contribution is 2.30. The monoisotopic (exact) mass is 331 g/mol. The lowest BCUT2D eigenvalue weighted by Crippen LogP contribution is -2.36. The van der Waals surface area contributed by atoms with Crippen LogP contribution in [0.5, 0.6) is 0 Å². The Morgan fingerprint density at radius 3 is 3.13 bits per heavy atom. The van der Waals surface area contributed by atoms with E-state index >= 15 is 0 Å². The van der Waals surface area contributed by atoms with Gasteiger partial charge < -0.3 is 5.32 Å². The van der Waals surface area contributed by atoms with E-state index in [2.05, 4.69) is 39.0 Å². The van der Waals surface area contributed by atoms with Gasteiger partial charge in [-0.1, -0.05) is 36.0 Å². The van der Waals surface area contributed by atoms with Crippen LogP contribution in [0.3, 0.4) is 0 Å². The van der Waals surface area contributed by atoms with Crippen molar-refractivity contribution >= 4 is 17.7 Å². The lowest BCUT2D eigenvalue weighted by Gasteiger charge is -2.27. The van der Waals surface area contributed by atoms with Crippen LogP contribution >= 0.6 is 11.8 Å². The molecule has 0 radical (unpaired) electrons. The van der Waals surface area contributed by atoms with Gasteiger partial charge in [0.25, 0.3) is 0 Å². The smallest absolute Gasteiger partial charge is 0.233 e. The molecule has 0 saturated carbocycles. The Balaban J connectivity index is 1.65. The first-order chi connectivity index (χ1) is 11.2. The van der Waals surface area contributed by atoms with E-state index in [1.54, 1.807) is 4.68 Å². The number of benzene rings is 1. The predicted molar refractivity (Wildman–Crippen MR) is 89.1 cm³/mol. The average molecular weight is 331 g/mol. The maximum atomic E-state index is 12.5. The third-order valence-electron chi connectivity index (χ3n) is 4.14. The first-order valence-electron chi connectivity index (χ1n) is 8.00. The number of carbonyl (C=O) groups is 1. The topological polar surface area (TPSA) is 72.7 Å². The molecule has 0 spiro atoms. The van der Waals surface area contributed by atoms with Crippen molar-refractivity contribution < 1.29 is 4.79 Å². The molecule has 122 valence electrons. The van der Waals surface area contributed by atoms with Gasteiger partial charge in [0.05, 0.1) is 11.3 Å². The highest BCUT2D eigenvalue weighted by molar-refractivity contribution is 8.00. The standard InChI is InChI=1S/C16H21N5OS/c1-3-21-16(18-19-20-21)23-11(2)15(22)17-14-10-6-8-12-7-4-5-9-13(12)14/h4-5,7,9,11,14H,3,6,8,10H2,1-2H3,(H,17,22). The van der Waals surface area contributed by atoms with Gasteiger partial charge in [-0.15, -0.1) is 5.10 Å². The minimum absolute atomic E-state index is 0.0300. The number of amides is 1. The zero-order chi connectivity index (χ0) is 16.2. The molecule has 2 aromatic rings. The molecule has 1 aliphatic rings. The van der Waals surface area contributed by atoms with Crippen LogP contribution in [0.25, 0.3) is 0 Å². The first-order valence-corrected chi connectivity index (χ1v) is 8.88. The van der Waals surface area contributed by atoms with E-state index in [0.29, 0.717) is 11.7 Å². The normalized spacial score (nSPS) is 18.3. The summed E-state index contributed by atoms with van der Waals surface area (Å²) in [6, 6.07) is 8.48. The molecular weight excluding hydrogens is 310 g/mol. The van der Waals surface area contributed by atoms with Crippen molar-refractivity contribution in [2.75, 3.05) is 0 Å². The lowest BCUT2D eigenvalue weighted by atomic mass is 9.88. The Kier molecular flexibility index (Phi) is 4.95. The third-order valence-corrected chi connectivity index (χ3v) is 5.21. The molecule has 0 fully saturated rings. The molecule has 1 heterocycles. The molecule has 23 heavy (non-hydrogen) atoms. The molecule has 2 unspecified atom stereocenters. The first kappa shape index (κ1) is 16.0. The van der Waals surface area contributed by atoms with Crippen LogP contribution in [0.1, 0.15) is 43.9 Å². The number of hydrogen-bond acceptors (Lipinski definition) is 5. The van der Waals surface area contributed by atoms with E-state index in [1.807, 2.05) is 19.9 Å². The van der Waals surface area contributed by atoms with E-state index in [1.165, 1.54) is 22.9 Å². The van der Waals surface area contributed by atoms with E-state index < -0.39 is 0 Å². The number of thioether (sulfide) groups is 1. The third kappa shape index (κ3) is 3.55. The molecule has 0 saturated heterocycles. The highest BCUT2D eigenvalue weighted by Gasteiger charge is 2.25. The molecule has 0 aliphatic heterocycles. The number of nitrogens with zero attached hydrogens (tertiary/aromatic N) is 4. The number of rotatable bonds is 5. The van der Waals surface area contributed by atoms with Crippen molar-refractivity contribution in [3.8, 4) is 0 Å². The molecule has 1 amide bonds. The summed E-state index contributed by atoms with van der Waals surface area (Å²) in [5.41, 5.74) is 2.60. The summed E-state index contributed by atoms with van der Waals surface area (Å²) in [7, 11) is 0. The van der Waals surface area contributed by atoms with Gasteiger partial charge in [0.2, 0.25) is 11.1 Å². The number of hydrogen-bond donors (Lipinski definition) is 1. The fourth-order valence-corrected chi connectivity index (χ4v) is 3.75. The fourth-order valence-electron chi connectivity index (χ4n) is 2.88. The Morgan fingerprint density at radius 2 is 2.30 bits per heavy atom. The van der Waals surface area contributed by atoms with Crippen molar-refractivity contribution in [3.63, 3.8) is 0 Å². The molecular formula is C16H21N5OS. The molecule has 1 aromatic heterocycles. The largest absolute Gasteiger partial charge is 0.348 e. The van der Waals surface area contributed by atoms with Crippen molar-refractivity contribution in [2.45, 2.75) is 56.1 Å². The molecule has 6 nitrogen and oxygen atoms in total. The van der Waals surface area contributed by atoms with Crippen LogP contribution in [0, 0.1) is 0 Å². The van der Waals surface area contributed by atoms with Gasteiger partial charge in [-0.05, 0) is 54.7 Å². The lowest BCUT2D eigenvalue weighted by molar-refractivity contribution is -0.121. The summed E-state index contributed by atoms with van der Waals surface area (Å²) in [5.74, 6) is 0.0300. The molecule has 7 heteroatoms. The number of aryl methyl sites for hydroxylation is 2. The van der Waals surface area contributed by atoms with Gasteiger partial charge in [0.15, 0.2) is 0 Å². The van der Waals surface area contributed by atoms with Gasteiger partial charge in [-0.2, -0.15) is 0 Å². The Bertz CT molecular complexity index is 687. The molecule has 2 atom stereocenters. The molecule has 0 bridgehead atoms. The zero-order valence-corrected chi connectivity index (χ0v) is 14.2. The Labute approximate surface area is 140 Å². The van der Waals surface area contributed by atoms with E-state index in [-0.39, 0.29) is 17.2 Å². The number of tetrazole rings is 1. The second kappa shape index (κ2) is 7.12. The van der Waals surface area contributed by atoms with E-state index in [0.717, 1.165) is 19.3 Å². The number of carbonyl (C=O) groups excluding carboxylic acids is 1.